The fourth-order valence-corrected chi connectivity index (χ4v) is 10.0. The van der Waals surface area contributed by atoms with E-state index in [9.17, 15) is 19.2 Å². The summed E-state index contributed by atoms with van der Waals surface area (Å²) < 4.78 is 17.0. The Morgan fingerprint density at radius 1 is 0.292 bits per heavy atom. The third kappa shape index (κ3) is 39.5. The number of carbonyl (C=O) groups excluding carboxylic acids is 4. The van der Waals surface area contributed by atoms with Crippen molar-refractivity contribution in [3.05, 3.63) is 34.4 Å². The molecular formula is C64H115NO7. The molecule has 1 aromatic rings. The largest absolute Gasteiger partial charge is 0.462 e. The number of ether oxygens (including phenoxy) is 3. The van der Waals surface area contributed by atoms with Crippen molar-refractivity contribution < 1.29 is 33.4 Å². The van der Waals surface area contributed by atoms with Gasteiger partial charge in [-0.15, -0.1) is 0 Å². The number of hydrogen-bond donors (Lipinski definition) is 1. The first-order valence-electron chi connectivity index (χ1n) is 31.4. The molecule has 1 rings (SSSR count). The summed E-state index contributed by atoms with van der Waals surface area (Å²) >= 11 is 0. The number of nitrogens with two attached hydrogens (primary N) is 1. The lowest BCUT2D eigenvalue weighted by atomic mass is 9.96. The number of rotatable bonds is 55. The first-order chi connectivity index (χ1) is 35.4. The highest BCUT2D eigenvalue weighted by Gasteiger charge is 2.29. The van der Waals surface area contributed by atoms with Gasteiger partial charge >= 0.3 is 17.9 Å². The van der Waals surface area contributed by atoms with Crippen LogP contribution in [0.4, 0.5) is 0 Å². The fraction of sp³-hybridized carbons (Fsp3) is 0.844. The molecule has 0 unspecified atom stereocenters. The highest BCUT2D eigenvalue weighted by molar-refractivity contribution is 6.13. The van der Waals surface area contributed by atoms with Gasteiger partial charge < -0.3 is 19.9 Å². The van der Waals surface area contributed by atoms with Crippen molar-refractivity contribution in [3.8, 4) is 0 Å². The van der Waals surface area contributed by atoms with Crippen LogP contribution in [0.15, 0.2) is 12.1 Å². The molecule has 1 amide bonds. The Bertz CT molecular complexity index is 1430. The van der Waals surface area contributed by atoms with E-state index < -0.39 is 23.8 Å². The van der Waals surface area contributed by atoms with E-state index >= 15 is 0 Å². The molecule has 418 valence electrons. The minimum Gasteiger partial charge on any atom is -0.462 e. The SMILES string of the molecule is CCCCCCCCCCCCCCCCCCOC(=O)c1cc(C(N)=O)c(C(=O)OCCCCCCCCCCCCCCCCCC)c(C(=O)OCCCCCCCCCCCCCCCCCC)c1. The molecule has 0 saturated carbocycles. The van der Waals surface area contributed by atoms with E-state index in [0.717, 1.165) is 57.8 Å². The molecule has 0 aliphatic carbocycles. The van der Waals surface area contributed by atoms with E-state index in [-0.39, 0.29) is 42.1 Å². The smallest absolute Gasteiger partial charge is 0.339 e. The van der Waals surface area contributed by atoms with Crippen molar-refractivity contribution in [1.29, 1.82) is 0 Å². The number of benzene rings is 1. The van der Waals surface area contributed by atoms with Crippen LogP contribution in [-0.2, 0) is 14.2 Å². The van der Waals surface area contributed by atoms with E-state index in [0.29, 0.717) is 12.8 Å². The highest BCUT2D eigenvalue weighted by Crippen LogP contribution is 2.23. The van der Waals surface area contributed by atoms with Crippen LogP contribution in [0.1, 0.15) is 370 Å². The second-order valence-corrected chi connectivity index (χ2v) is 21.6. The molecule has 0 spiro atoms. The number of hydrogen-bond acceptors (Lipinski definition) is 7. The number of unbranched alkanes of at least 4 members (excludes halogenated alkanes) is 45. The van der Waals surface area contributed by atoms with Gasteiger partial charge in [0.05, 0.1) is 42.1 Å². The van der Waals surface area contributed by atoms with E-state index in [2.05, 4.69) is 20.8 Å². The molecule has 0 aliphatic heterocycles. The zero-order chi connectivity index (χ0) is 52.2. The van der Waals surface area contributed by atoms with Crippen LogP contribution in [0.5, 0.6) is 0 Å². The van der Waals surface area contributed by atoms with Crippen molar-refractivity contribution in [2.75, 3.05) is 19.8 Å². The molecule has 8 heteroatoms. The van der Waals surface area contributed by atoms with Gasteiger partial charge in [0.25, 0.3) is 0 Å². The molecule has 8 nitrogen and oxygen atoms in total. The predicted octanol–water partition coefficient (Wildman–Crippen LogP) is 20.0. The summed E-state index contributed by atoms with van der Waals surface area (Å²) in [6.45, 7) is 7.36. The summed E-state index contributed by atoms with van der Waals surface area (Å²) in [5.41, 5.74) is 5.14. The summed E-state index contributed by atoms with van der Waals surface area (Å²) in [5.74, 6) is -3.19. The third-order valence-electron chi connectivity index (χ3n) is 14.8. The van der Waals surface area contributed by atoms with Crippen LogP contribution in [-0.4, -0.2) is 43.6 Å². The zero-order valence-corrected chi connectivity index (χ0v) is 47.7. The lowest BCUT2D eigenvalue weighted by molar-refractivity contribution is 0.0446. The first kappa shape index (κ1) is 67.1. The standard InChI is InChI=1S/C64H115NO7/c1-4-7-10-13-16-19-22-25-28-31-34-37-40-43-46-49-52-70-62(67)57-55-58(61(65)66)60(64(69)72-54-51-48-45-42-39-36-33-30-27-24-21-18-15-12-9-6-3)59(56-57)63(68)71-53-50-47-44-41-38-35-32-29-26-23-20-17-14-11-8-5-2/h55-56H,4-54H2,1-3H3,(H2,65,66). The second kappa shape index (κ2) is 51.6. The topological polar surface area (TPSA) is 122 Å². The zero-order valence-electron chi connectivity index (χ0n) is 47.7. The Labute approximate surface area is 444 Å². The lowest BCUT2D eigenvalue weighted by Crippen LogP contribution is -2.24. The maximum atomic E-state index is 13.7. The second-order valence-electron chi connectivity index (χ2n) is 21.6. The molecule has 0 aromatic heterocycles. The van der Waals surface area contributed by atoms with Crippen LogP contribution in [0.3, 0.4) is 0 Å². The molecule has 0 heterocycles. The third-order valence-corrected chi connectivity index (χ3v) is 14.8. The first-order valence-corrected chi connectivity index (χ1v) is 31.4. The molecule has 0 fully saturated rings. The number of amides is 1. The average Bonchev–Trinajstić information content (AvgIpc) is 3.38. The molecule has 0 radical (unpaired) electrons. The summed E-state index contributed by atoms with van der Waals surface area (Å²) in [5, 5.41) is 0. The number of carbonyl (C=O) groups is 4. The van der Waals surface area contributed by atoms with Gasteiger partial charge in [-0.05, 0) is 31.4 Å². The monoisotopic (exact) mass is 1010 g/mol. The Morgan fingerprint density at radius 2 is 0.500 bits per heavy atom. The summed E-state index contributed by atoms with van der Waals surface area (Å²) in [4.78, 5) is 53.6. The van der Waals surface area contributed by atoms with Crippen LogP contribution in [0.25, 0.3) is 0 Å². The number of primary amides is 1. The Hall–Kier alpha value is -2.90. The van der Waals surface area contributed by atoms with Crippen LogP contribution in [0.2, 0.25) is 0 Å². The molecule has 0 aliphatic rings. The molecular weight excluding hydrogens is 895 g/mol. The molecule has 0 bridgehead atoms. The van der Waals surface area contributed by atoms with Gasteiger partial charge in [0.15, 0.2) is 0 Å². The van der Waals surface area contributed by atoms with Gasteiger partial charge in [0, 0.05) is 0 Å². The Morgan fingerprint density at radius 3 is 0.750 bits per heavy atom. The van der Waals surface area contributed by atoms with Crippen LogP contribution in [0, 0.1) is 0 Å². The molecule has 0 saturated heterocycles. The Balaban J connectivity index is 2.60. The molecule has 72 heavy (non-hydrogen) atoms. The van der Waals surface area contributed by atoms with Crippen LogP contribution >= 0.6 is 0 Å². The highest BCUT2D eigenvalue weighted by atomic mass is 16.5. The normalized spacial score (nSPS) is 11.3. The van der Waals surface area contributed by atoms with E-state index in [1.54, 1.807) is 0 Å². The van der Waals surface area contributed by atoms with Crippen LogP contribution < -0.4 is 5.73 Å². The van der Waals surface area contributed by atoms with Gasteiger partial charge in [-0.3, -0.25) is 4.79 Å². The van der Waals surface area contributed by atoms with Gasteiger partial charge in [0.1, 0.15) is 0 Å². The summed E-state index contributed by atoms with van der Waals surface area (Å²) in [6.07, 6.45) is 59.9. The number of esters is 3. The van der Waals surface area contributed by atoms with Gasteiger partial charge in [-0.2, -0.15) is 0 Å². The van der Waals surface area contributed by atoms with Gasteiger partial charge in [-0.25, -0.2) is 14.4 Å². The average molecular weight is 1010 g/mol. The predicted molar refractivity (Wildman–Crippen MR) is 304 cm³/mol. The maximum Gasteiger partial charge on any atom is 0.339 e. The minimum absolute atomic E-state index is 0.0102. The van der Waals surface area contributed by atoms with E-state index in [4.69, 9.17) is 19.9 Å². The minimum atomic E-state index is -0.927. The molecule has 0 atom stereocenters. The van der Waals surface area contributed by atoms with Crippen molar-refractivity contribution in [2.45, 2.75) is 329 Å². The van der Waals surface area contributed by atoms with E-state index in [1.807, 2.05) is 0 Å². The van der Waals surface area contributed by atoms with Gasteiger partial charge in [-0.1, -0.05) is 310 Å². The fourth-order valence-electron chi connectivity index (χ4n) is 10.0. The van der Waals surface area contributed by atoms with Crippen molar-refractivity contribution in [1.82, 2.24) is 0 Å². The molecule has 2 N–H and O–H groups in total. The summed E-state index contributed by atoms with van der Waals surface area (Å²) in [6, 6.07) is 2.57. The molecule has 1 aromatic carbocycles. The summed E-state index contributed by atoms with van der Waals surface area (Å²) in [7, 11) is 0. The maximum absolute atomic E-state index is 13.7. The van der Waals surface area contributed by atoms with Crippen molar-refractivity contribution >= 4 is 23.8 Å². The van der Waals surface area contributed by atoms with E-state index in [1.165, 1.54) is 250 Å². The lowest BCUT2D eigenvalue weighted by Gasteiger charge is -2.15. The van der Waals surface area contributed by atoms with Gasteiger partial charge in [0.2, 0.25) is 5.91 Å². The quantitative estimate of drug-likeness (QED) is 0.0392. The Kier molecular flexibility index (Phi) is 48.1. The van der Waals surface area contributed by atoms with Crippen molar-refractivity contribution in [2.24, 2.45) is 5.73 Å². The van der Waals surface area contributed by atoms with Crippen molar-refractivity contribution in [3.63, 3.8) is 0 Å².